The Morgan fingerprint density at radius 3 is 2.76 bits per heavy atom. The van der Waals surface area contributed by atoms with E-state index < -0.39 is 16.9 Å². The van der Waals surface area contributed by atoms with Gasteiger partial charge in [0.05, 0.1) is 15.6 Å². The fourth-order valence-corrected chi connectivity index (χ4v) is 2.16. The van der Waals surface area contributed by atoms with E-state index in [1.54, 1.807) is 7.05 Å². The summed E-state index contributed by atoms with van der Waals surface area (Å²) in [5.41, 5.74) is 0.105. The highest BCUT2D eigenvalue weighted by Crippen LogP contribution is 2.34. The van der Waals surface area contributed by atoms with E-state index in [2.05, 4.69) is 31.3 Å². The van der Waals surface area contributed by atoms with E-state index in [1.807, 2.05) is 0 Å². The molecule has 2 N–H and O–H groups in total. The summed E-state index contributed by atoms with van der Waals surface area (Å²) in [4.78, 5) is 25.5. The standard InChI is InChI=1S/C11H10BrN5O4/c1-16-5-6(2-14-16)9(11(18)19)15-10-7(12)3-13-4-8(10)17(20)21/h2-5,9H,1H3,(H,13,15)(H,18,19). The summed E-state index contributed by atoms with van der Waals surface area (Å²) in [5, 5.41) is 26.9. The molecule has 2 aromatic heterocycles. The number of carbonyl (C=O) groups is 1. The Balaban J connectivity index is 2.43. The van der Waals surface area contributed by atoms with Gasteiger partial charge in [0.15, 0.2) is 6.04 Å². The molecule has 0 aliphatic carbocycles. The molecule has 9 nitrogen and oxygen atoms in total. The average Bonchev–Trinajstić information content (AvgIpc) is 2.82. The summed E-state index contributed by atoms with van der Waals surface area (Å²) in [6.07, 6.45) is 5.30. The van der Waals surface area contributed by atoms with Crippen molar-refractivity contribution in [2.24, 2.45) is 7.05 Å². The minimum Gasteiger partial charge on any atom is -0.479 e. The molecule has 110 valence electrons. The van der Waals surface area contributed by atoms with Crippen LogP contribution in [0.3, 0.4) is 0 Å². The van der Waals surface area contributed by atoms with Crippen molar-refractivity contribution in [2.75, 3.05) is 5.32 Å². The maximum atomic E-state index is 11.4. The van der Waals surface area contributed by atoms with Gasteiger partial charge in [-0.05, 0) is 15.9 Å². The van der Waals surface area contributed by atoms with Gasteiger partial charge in [0.1, 0.15) is 11.9 Å². The zero-order chi connectivity index (χ0) is 15.6. The quantitative estimate of drug-likeness (QED) is 0.618. The molecule has 0 fully saturated rings. The van der Waals surface area contributed by atoms with Gasteiger partial charge in [0.25, 0.3) is 0 Å². The summed E-state index contributed by atoms with van der Waals surface area (Å²) in [6, 6.07) is -1.17. The van der Waals surface area contributed by atoms with Crippen molar-refractivity contribution >= 4 is 33.3 Å². The second-order valence-corrected chi connectivity index (χ2v) is 4.99. The minimum absolute atomic E-state index is 0.0475. The first-order valence-electron chi connectivity index (χ1n) is 5.66. The molecular weight excluding hydrogens is 346 g/mol. The summed E-state index contributed by atoms with van der Waals surface area (Å²) in [5.74, 6) is -1.18. The predicted molar refractivity (Wildman–Crippen MR) is 75.8 cm³/mol. The van der Waals surface area contributed by atoms with E-state index in [0.29, 0.717) is 10.0 Å². The summed E-state index contributed by atoms with van der Waals surface area (Å²) < 4.78 is 1.75. The van der Waals surface area contributed by atoms with Gasteiger partial charge < -0.3 is 10.4 Å². The molecule has 0 radical (unpaired) electrons. The molecule has 1 atom stereocenters. The smallest absolute Gasteiger partial charge is 0.330 e. The topological polar surface area (TPSA) is 123 Å². The van der Waals surface area contributed by atoms with Crippen molar-refractivity contribution in [3.63, 3.8) is 0 Å². The van der Waals surface area contributed by atoms with Crippen LogP contribution in [0.25, 0.3) is 0 Å². The first-order valence-corrected chi connectivity index (χ1v) is 6.45. The first-order chi connectivity index (χ1) is 9.90. The highest BCUT2D eigenvalue weighted by Gasteiger charge is 2.26. The van der Waals surface area contributed by atoms with Gasteiger partial charge in [-0.2, -0.15) is 5.10 Å². The molecule has 0 amide bonds. The maximum absolute atomic E-state index is 11.4. The Morgan fingerprint density at radius 2 is 2.24 bits per heavy atom. The molecule has 0 bridgehead atoms. The van der Waals surface area contributed by atoms with Gasteiger partial charge in [-0.3, -0.25) is 19.8 Å². The number of pyridine rings is 1. The second kappa shape index (κ2) is 5.87. The molecule has 10 heteroatoms. The molecular formula is C11H10BrN5O4. The van der Waals surface area contributed by atoms with E-state index in [4.69, 9.17) is 0 Å². The molecule has 2 heterocycles. The lowest BCUT2D eigenvalue weighted by Crippen LogP contribution is -2.21. The van der Waals surface area contributed by atoms with Crippen LogP contribution >= 0.6 is 15.9 Å². The predicted octanol–water partition coefficient (Wildman–Crippen LogP) is 1.72. The Morgan fingerprint density at radius 1 is 1.52 bits per heavy atom. The van der Waals surface area contributed by atoms with Crippen molar-refractivity contribution in [3.05, 3.63) is 44.9 Å². The van der Waals surface area contributed by atoms with Crippen molar-refractivity contribution < 1.29 is 14.8 Å². The molecule has 1 unspecified atom stereocenters. The van der Waals surface area contributed by atoms with Crippen molar-refractivity contribution in [2.45, 2.75) is 6.04 Å². The fourth-order valence-electron chi connectivity index (χ4n) is 1.73. The monoisotopic (exact) mass is 355 g/mol. The largest absolute Gasteiger partial charge is 0.479 e. The second-order valence-electron chi connectivity index (χ2n) is 4.14. The number of carboxylic acid groups (broad SMARTS) is 1. The zero-order valence-corrected chi connectivity index (χ0v) is 12.3. The lowest BCUT2D eigenvalue weighted by Gasteiger charge is -2.15. The summed E-state index contributed by atoms with van der Waals surface area (Å²) in [6.45, 7) is 0. The van der Waals surface area contributed by atoms with E-state index in [0.717, 1.165) is 6.20 Å². The maximum Gasteiger partial charge on any atom is 0.330 e. The van der Waals surface area contributed by atoms with Gasteiger partial charge in [-0.15, -0.1) is 0 Å². The molecule has 0 aromatic carbocycles. The molecule has 0 aliphatic heterocycles. The molecule has 0 saturated carbocycles. The number of aliphatic carboxylic acids is 1. The molecule has 0 spiro atoms. The highest BCUT2D eigenvalue weighted by atomic mass is 79.9. The van der Waals surface area contributed by atoms with Gasteiger partial charge in [0, 0.05) is 25.0 Å². The third-order valence-corrected chi connectivity index (χ3v) is 3.27. The molecule has 21 heavy (non-hydrogen) atoms. The van der Waals surface area contributed by atoms with Gasteiger partial charge in [-0.25, -0.2) is 4.79 Å². The number of halogens is 1. The van der Waals surface area contributed by atoms with Crippen LogP contribution in [0, 0.1) is 10.1 Å². The molecule has 0 saturated heterocycles. The van der Waals surface area contributed by atoms with E-state index in [9.17, 15) is 20.0 Å². The number of anilines is 1. The number of nitrogens with zero attached hydrogens (tertiary/aromatic N) is 4. The van der Waals surface area contributed by atoms with Crippen LogP contribution in [0.1, 0.15) is 11.6 Å². The third-order valence-electron chi connectivity index (χ3n) is 2.67. The number of rotatable bonds is 5. The number of carboxylic acids is 1. The summed E-state index contributed by atoms with van der Waals surface area (Å²) >= 11 is 3.13. The lowest BCUT2D eigenvalue weighted by molar-refractivity contribution is -0.384. The van der Waals surface area contributed by atoms with Crippen LogP contribution in [0.4, 0.5) is 11.4 Å². The van der Waals surface area contributed by atoms with E-state index in [-0.39, 0.29) is 11.4 Å². The average molecular weight is 356 g/mol. The van der Waals surface area contributed by atoms with Crippen LogP contribution in [-0.2, 0) is 11.8 Å². The normalized spacial score (nSPS) is 11.9. The van der Waals surface area contributed by atoms with Crippen LogP contribution in [0.15, 0.2) is 29.3 Å². The minimum atomic E-state index is -1.18. The third kappa shape index (κ3) is 3.16. The number of nitro groups is 1. The zero-order valence-electron chi connectivity index (χ0n) is 10.7. The number of hydrogen-bond donors (Lipinski definition) is 2. The SMILES string of the molecule is Cn1cc(C(Nc2c(Br)cncc2[N+](=O)[O-])C(=O)O)cn1. The molecule has 2 aromatic rings. The molecule has 2 rings (SSSR count). The van der Waals surface area contributed by atoms with Crippen LogP contribution in [-0.4, -0.2) is 30.8 Å². The van der Waals surface area contributed by atoms with E-state index >= 15 is 0 Å². The van der Waals surface area contributed by atoms with Gasteiger partial charge >= 0.3 is 11.7 Å². The number of aryl methyl sites for hydroxylation is 1. The Hall–Kier alpha value is -2.49. The van der Waals surface area contributed by atoms with Crippen molar-refractivity contribution in [1.82, 2.24) is 14.8 Å². The van der Waals surface area contributed by atoms with Crippen LogP contribution < -0.4 is 5.32 Å². The van der Waals surface area contributed by atoms with Crippen molar-refractivity contribution in [3.8, 4) is 0 Å². The van der Waals surface area contributed by atoms with Crippen molar-refractivity contribution in [1.29, 1.82) is 0 Å². The van der Waals surface area contributed by atoms with E-state index in [1.165, 1.54) is 23.3 Å². The number of aromatic nitrogens is 3. The molecule has 0 aliphatic rings. The fraction of sp³-hybridized carbons (Fsp3) is 0.182. The van der Waals surface area contributed by atoms with Gasteiger partial charge in [-0.1, -0.05) is 0 Å². The Kier molecular flexibility index (Phi) is 4.17. The number of hydrogen-bond acceptors (Lipinski definition) is 6. The Bertz CT molecular complexity index is 702. The first kappa shape index (κ1) is 14.9. The van der Waals surface area contributed by atoms with Gasteiger partial charge in [0.2, 0.25) is 0 Å². The van der Waals surface area contributed by atoms with Crippen LogP contribution in [0.2, 0.25) is 0 Å². The Labute approximate surface area is 126 Å². The summed E-state index contributed by atoms with van der Waals surface area (Å²) in [7, 11) is 1.65. The van der Waals surface area contributed by atoms with Crippen LogP contribution in [0.5, 0.6) is 0 Å². The highest BCUT2D eigenvalue weighted by molar-refractivity contribution is 9.10. The number of nitrogens with one attached hydrogen (secondary N) is 1. The lowest BCUT2D eigenvalue weighted by atomic mass is 10.1.